The van der Waals surface area contributed by atoms with Gasteiger partial charge in [0.1, 0.15) is 5.54 Å². The number of aromatic nitrogens is 1. The molecule has 0 atom stereocenters. The standard InChI is InChI=1S/C22H22N4O5/c27-17(25-26-20(29)22(24-21(26)30)11-2-1-3-12-22)14-31-18(28)10-9-16-7-4-6-15-8-5-13-23-19(15)16/h4-10,13H,1-3,11-12,14H2,(H,24,30)(H,25,27)/b10-9+. The molecule has 2 heterocycles. The Hall–Kier alpha value is -3.75. The summed E-state index contributed by atoms with van der Waals surface area (Å²) in [6.07, 6.45) is 8.19. The summed E-state index contributed by atoms with van der Waals surface area (Å²) < 4.78 is 4.93. The summed E-state index contributed by atoms with van der Waals surface area (Å²) in [6, 6.07) is 8.63. The van der Waals surface area contributed by atoms with Gasteiger partial charge in [-0.05, 0) is 25.0 Å². The van der Waals surface area contributed by atoms with E-state index in [0.29, 0.717) is 17.9 Å². The first-order valence-corrected chi connectivity index (χ1v) is 10.1. The van der Waals surface area contributed by atoms with Crippen LogP contribution in [-0.2, 0) is 19.1 Å². The van der Waals surface area contributed by atoms with Crippen LogP contribution < -0.4 is 10.7 Å². The van der Waals surface area contributed by atoms with E-state index in [2.05, 4.69) is 15.7 Å². The molecular weight excluding hydrogens is 400 g/mol. The highest BCUT2D eigenvalue weighted by atomic mass is 16.5. The van der Waals surface area contributed by atoms with E-state index in [9.17, 15) is 19.2 Å². The number of esters is 1. The summed E-state index contributed by atoms with van der Waals surface area (Å²) in [5.74, 6) is -1.98. The number of hydrogen-bond acceptors (Lipinski definition) is 6. The summed E-state index contributed by atoms with van der Waals surface area (Å²) in [7, 11) is 0. The third-order valence-corrected chi connectivity index (χ3v) is 5.51. The zero-order chi connectivity index (χ0) is 21.8. The largest absolute Gasteiger partial charge is 0.452 e. The Morgan fingerprint density at radius 2 is 1.94 bits per heavy atom. The van der Waals surface area contributed by atoms with Gasteiger partial charge in [-0.2, -0.15) is 5.01 Å². The van der Waals surface area contributed by atoms with Gasteiger partial charge >= 0.3 is 12.0 Å². The number of carbonyl (C=O) groups is 4. The average molecular weight is 422 g/mol. The van der Waals surface area contributed by atoms with E-state index in [1.54, 1.807) is 12.3 Å². The Bertz CT molecular complexity index is 1070. The molecule has 1 aliphatic heterocycles. The zero-order valence-electron chi connectivity index (χ0n) is 16.8. The van der Waals surface area contributed by atoms with Crippen molar-refractivity contribution in [2.24, 2.45) is 0 Å². The average Bonchev–Trinajstić information content (AvgIpc) is 3.00. The molecule has 4 rings (SSSR count). The highest BCUT2D eigenvalue weighted by Crippen LogP contribution is 2.32. The number of pyridine rings is 1. The van der Waals surface area contributed by atoms with Crippen LogP contribution in [0.2, 0.25) is 0 Å². The second kappa shape index (κ2) is 8.55. The number of nitrogens with zero attached hydrogens (tertiary/aromatic N) is 2. The van der Waals surface area contributed by atoms with Crippen molar-refractivity contribution in [1.29, 1.82) is 0 Å². The number of fused-ring (bicyclic) bond motifs is 1. The minimum Gasteiger partial charge on any atom is -0.452 e. The smallest absolute Gasteiger partial charge is 0.344 e. The van der Waals surface area contributed by atoms with Gasteiger partial charge in [0.05, 0.1) is 5.52 Å². The second-order valence-electron chi connectivity index (χ2n) is 7.61. The lowest BCUT2D eigenvalue weighted by Gasteiger charge is -2.30. The summed E-state index contributed by atoms with van der Waals surface area (Å²) in [4.78, 5) is 53.2. The van der Waals surface area contributed by atoms with Crippen LogP contribution in [0.4, 0.5) is 4.79 Å². The van der Waals surface area contributed by atoms with Crippen molar-refractivity contribution in [3.8, 4) is 0 Å². The van der Waals surface area contributed by atoms with Crippen LogP contribution >= 0.6 is 0 Å². The molecule has 1 aromatic carbocycles. The quantitative estimate of drug-likeness (QED) is 0.433. The second-order valence-corrected chi connectivity index (χ2v) is 7.61. The molecular formula is C22H22N4O5. The van der Waals surface area contributed by atoms with Gasteiger partial charge < -0.3 is 10.1 Å². The van der Waals surface area contributed by atoms with Gasteiger partial charge in [-0.3, -0.25) is 20.0 Å². The third kappa shape index (κ3) is 4.25. The molecule has 0 radical (unpaired) electrons. The van der Waals surface area contributed by atoms with Crippen LogP contribution in [-0.4, -0.2) is 46.0 Å². The summed E-state index contributed by atoms with van der Waals surface area (Å²) >= 11 is 0. The van der Waals surface area contributed by atoms with E-state index >= 15 is 0 Å². The Balaban J connectivity index is 1.31. The number of urea groups is 1. The van der Waals surface area contributed by atoms with Crippen LogP contribution in [0.25, 0.3) is 17.0 Å². The number of para-hydroxylation sites is 1. The first-order valence-electron chi connectivity index (χ1n) is 10.1. The first-order chi connectivity index (χ1) is 15.0. The Kier molecular flexibility index (Phi) is 5.66. The van der Waals surface area contributed by atoms with Gasteiger partial charge in [0, 0.05) is 23.2 Å². The van der Waals surface area contributed by atoms with E-state index in [1.165, 1.54) is 6.08 Å². The van der Waals surface area contributed by atoms with Crippen molar-refractivity contribution in [3.05, 3.63) is 48.2 Å². The van der Waals surface area contributed by atoms with Gasteiger partial charge in [-0.25, -0.2) is 9.59 Å². The van der Waals surface area contributed by atoms with Crippen molar-refractivity contribution < 1.29 is 23.9 Å². The fraction of sp³-hybridized carbons (Fsp3) is 0.318. The fourth-order valence-electron chi connectivity index (χ4n) is 3.98. The number of nitrogens with one attached hydrogen (secondary N) is 2. The molecule has 1 spiro atoms. The fourth-order valence-corrected chi connectivity index (χ4v) is 3.98. The minimum absolute atomic E-state index is 0.472. The van der Waals surface area contributed by atoms with Crippen molar-refractivity contribution in [1.82, 2.24) is 20.7 Å². The highest BCUT2D eigenvalue weighted by molar-refractivity contribution is 6.08. The molecule has 160 valence electrons. The molecule has 1 aromatic heterocycles. The molecule has 2 N–H and O–H groups in total. The zero-order valence-corrected chi connectivity index (χ0v) is 16.8. The molecule has 4 amide bonds. The molecule has 9 heteroatoms. The van der Waals surface area contributed by atoms with Crippen molar-refractivity contribution in [3.63, 3.8) is 0 Å². The molecule has 0 bridgehead atoms. The molecule has 1 aliphatic carbocycles. The Morgan fingerprint density at radius 1 is 1.16 bits per heavy atom. The molecule has 9 nitrogen and oxygen atoms in total. The number of imide groups is 1. The molecule has 31 heavy (non-hydrogen) atoms. The minimum atomic E-state index is -0.936. The molecule has 2 fully saturated rings. The Labute approximate surface area is 178 Å². The third-order valence-electron chi connectivity index (χ3n) is 5.51. The van der Waals surface area contributed by atoms with Crippen LogP contribution in [0.1, 0.15) is 37.7 Å². The molecule has 1 saturated heterocycles. The van der Waals surface area contributed by atoms with Gasteiger partial charge in [0.15, 0.2) is 6.61 Å². The van der Waals surface area contributed by atoms with Gasteiger partial charge in [0.25, 0.3) is 11.8 Å². The number of hydrogen-bond donors (Lipinski definition) is 2. The molecule has 1 saturated carbocycles. The van der Waals surface area contributed by atoms with Crippen molar-refractivity contribution >= 4 is 40.8 Å². The van der Waals surface area contributed by atoms with E-state index in [1.807, 2.05) is 30.3 Å². The van der Waals surface area contributed by atoms with E-state index in [-0.39, 0.29) is 0 Å². The topological polar surface area (TPSA) is 118 Å². The number of ether oxygens (including phenoxy) is 1. The molecule has 2 aromatic rings. The SMILES string of the molecule is O=C(COC(=O)/C=C/c1cccc2cccnc12)NN1C(=O)NC2(CCCCC2)C1=O. The van der Waals surface area contributed by atoms with Gasteiger partial charge in [0.2, 0.25) is 0 Å². The van der Waals surface area contributed by atoms with Crippen molar-refractivity contribution in [2.45, 2.75) is 37.6 Å². The molecule has 2 aliphatic rings. The predicted molar refractivity (Wildman–Crippen MR) is 111 cm³/mol. The lowest BCUT2D eigenvalue weighted by atomic mass is 9.82. The van der Waals surface area contributed by atoms with Crippen LogP contribution in [0.15, 0.2) is 42.6 Å². The molecule has 0 unspecified atom stereocenters. The lowest BCUT2D eigenvalue weighted by Crippen LogP contribution is -2.51. The normalized spacial score (nSPS) is 17.9. The van der Waals surface area contributed by atoms with E-state index in [4.69, 9.17) is 4.74 Å². The predicted octanol–water partition coefficient (Wildman–Crippen LogP) is 2.08. The number of hydrazine groups is 1. The van der Waals surface area contributed by atoms with Gasteiger partial charge in [-0.1, -0.05) is 43.5 Å². The highest BCUT2D eigenvalue weighted by Gasteiger charge is 2.52. The van der Waals surface area contributed by atoms with Crippen molar-refractivity contribution in [2.75, 3.05) is 6.61 Å². The maximum Gasteiger partial charge on any atom is 0.344 e. The summed E-state index contributed by atoms with van der Waals surface area (Å²) in [5.41, 5.74) is 2.76. The van der Waals surface area contributed by atoms with Crippen LogP contribution in [0.3, 0.4) is 0 Å². The first kappa shape index (κ1) is 20.5. The summed E-state index contributed by atoms with van der Waals surface area (Å²) in [6.45, 7) is -0.624. The van der Waals surface area contributed by atoms with Gasteiger partial charge in [-0.15, -0.1) is 0 Å². The lowest BCUT2D eigenvalue weighted by molar-refractivity contribution is -0.147. The number of benzene rings is 1. The van der Waals surface area contributed by atoms with Crippen LogP contribution in [0.5, 0.6) is 0 Å². The monoisotopic (exact) mass is 422 g/mol. The number of rotatable bonds is 5. The van der Waals surface area contributed by atoms with E-state index in [0.717, 1.165) is 35.7 Å². The van der Waals surface area contributed by atoms with Crippen LogP contribution in [0, 0.1) is 0 Å². The number of carbonyl (C=O) groups excluding carboxylic acids is 4. The van der Waals surface area contributed by atoms with E-state index < -0.39 is 36.0 Å². The summed E-state index contributed by atoms with van der Waals surface area (Å²) in [5, 5.41) is 4.30. The maximum atomic E-state index is 12.6. The maximum absolute atomic E-state index is 12.6. The Morgan fingerprint density at radius 3 is 2.74 bits per heavy atom. The number of amides is 4.